The normalized spacial score (nSPS) is 23.8. The van der Waals surface area contributed by atoms with Gasteiger partial charge < -0.3 is 10.1 Å². The molecule has 0 bridgehead atoms. The quantitative estimate of drug-likeness (QED) is 0.698. The third kappa shape index (κ3) is 4.43. The molecule has 1 aliphatic heterocycles. The summed E-state index contributed by atoms with van der Waals surface area (Å²) in [5.74, 6) is 0.138. The molecule has 1 aliphatic rings. The molecule has 7 heteroatoms. The molecule has 20 heavy (non-hydrogen) atoms. The van der Waals surface area contributed by atoms with Crippen molar-refractivity contribution in [2.45, 2.75) is 38.8 Å². The molecule has 0 aromatic carbocycles. The molecule has 6 nitrogen and oxygen atoms in total. The summed E-state index contributed by atoms with van der Waals surface area (Å²) < 4.78 is 28.0. The van der Waals surface area contributed by atoms with Gasteiger partial charge in [0, 0.05) is 19.1 Å². The third-order valence-corrected chi connectivity index (χ3v) is 5.59. The van der Waals surface area contributed by atoms with E-state index in [-0.39, 0.29) is 23.5 Å². The number of sulfone groups is 1. The lowest BCUT2D eigenvalue weighted by molar-refractivity contribution is -0.151. The lowest BCUT2D eigenvalue weighted by atomic mass is 9.93. The van der Waals surface area contributed by atoms with Crippen LogP contribution in [0.1, 0.15) is 27.2 Å². The number of carbonyl (C=O) groups excluding carboxylic acids is 1. The highest BCUT2D eigenvalue weighted by atomic mass is 32.2. The fourth-order valence-corrected chi connectivity index (χ4v) is 3.69. The van der Waals surface area contributed by atoms with Crippen LogP contribution in [0.3, 0.4) is 0 Å². The smallest absolute Gasteiger partial charge is 0.326 e. The van der Waals surface area contributed by atoms with Gasteiger partial charge in [0.25, 0.3) is 0 Å². The number of hydrogen-bond acceptors (Lipinski definition) is 6. The van der Waals surface area contributed by atoms with Crippen molar-refractivity contribution in [3.05, 3.63) is 0 Å². The summed E-state index contributed by atoms with van der Waals surface area (Å²) in [5, 5.41) is 3.03. The maximum atomic E-state index is 12.0. The summed E-state index contributed by atoms with van der Waals surface area (Å²) in [4.78, 5) is 14.1. The number of nitrogens with zero attached hydrogens (tertiary/aromatic N) is 1. The molecule has 0 aromatic heterocycles. The van der Waals surface area contributed by atoms with Gasteiger partial charge >= 0.3 is 5.97 Å². The lowest BCUT2D eigenvalue weighted by Gasteiger charge is -2.37. The molecule has 0 amide bonds. The van der Waals surface area contributed by atoms with E-state index in [2.05, 4.69) is 10.2 Å². The minimum absolute atomic E-state index is 0.118. The zero-order valence-corrected chi connectivity index (χ0v) is 13.6. The topological polar surface area (TPSA) is 75.7 Å². The summed E-state index contributed by atoms with van der Waals surface area (Å²) in [6.07, 6.45) is 0.586. The molecule has 0 spiro atoms. The van der Waals surface area contributed by atoms with Crippen LogP contribution in [0.15, 0.2) is 0 Å². The van der Waals surface area contributed by atoms with E-state index in [1.165, 1.54) is 0 Å². The molecule has 0 saturated carbocycles. The predicted molar refractivity (Wildman–Crippen MR) is 78.4 cm³/mol. The van der Waals surface area contributed by atoms with Crippen molar-refractivity contribution < 1.29 is 17.9 Å². The van der Waals surface area contributed by atoms with Crippen LogP contribution < -0.4 is 5.32 Å². The van der Waals surface area contributed by atoms with Crippen LogP contribution in [0, 0.1) is 0 Å². The SMILES string of the molecule is CCOC(=O)C(C)(CC(C)N1CCS(=O)(=O)CC1)NC. The minimum Gasteiger partial charge on any atom is -0.465 e. The van der Waals surface area contributed by atoms with Gasteiger partial charge in [0.2, 0.25) is 0 Å². The molecule has 0 aromatic rings. The Labute approximate surface area is 121 Å². The van der Waals surface area contributed by atoms with E-state index >= 15 is 0 Å². The highest BCUT2D eigenvalue weighted by molar-refractivity contribution is 7.91. The second kappa shape index (κ2) is 6.87. The number of likely N-dealkylation sites (N-methyl/N-ethyl adjacent to an activating group) is 1. The Morgan fingerprint density at radius 3 is 2.40 bits per heavy atom. The Balaban J connectivity index is 2.63. The Bertz CT molecular complexity index is 424. The molecular weight excluding hydrogens is 280 g/mol. The molecule has 1 saturated heterocycles. The van der Waals surface area contributed by atoms with Crippen LogP contribution in [-0.2, 0) is 19.4 Å². The van der Waals surface area contributed by atoms with Crippen molar-refractivity contribution in [1.82, 2.24) is 10.2 Å². The fourth-order valence-electron chi connectivity index (χ4n) is 2.47. The lowest BCUT2D eigenvalue weighted by Crippen LogP contribution is -2.54. The van der Waals surface area contributed by atoms with Crippen molar-refractivity contribution in [2.75, 3.05) is 38.2 Å². The molecule has 0 radical (unpaired) electrons. The largest absolute Gasteiger partial charge is 0.465 e. The van der Waals surface area contributed by atoms with Gasteiger partial charge in [-0.1, -0.05) is 0 Å². The second-order valence-electron chi connectivity index (χ2n) is 5.54. The van der Waals surface area contributed by atoms with Crippen LogP contribution >= 0.6 is 0 Å². The zero-order chi connectivity index (χ0) is 15.4. The van der Waals surface area contributed by atoms with Gasteiger partial charge in [0.05, 0.1) is 18.1 Å². The Hall–Kier alpha value is -0.660. The van der Waals surface area contributed by atoms with Gasteiger partial charge in [-0.25, -0.2) is 8.42 Å². The van der Waals surface area contributed by atoms with Crippen LogP contribution in [0.25, 0.3) is 0 Å². The van der Waals surface area contributed by atoms with E-state index in [1.54, 1.807) is 14.0 Å². The summed E-state index contributed by atoms with van der Waals surface area (Å²) in [5.41, 5.74) is -0.744. The van der Waals surface area contributed by atoms with E-state index < -0.39 is 15.4 Å². The molecule has 1 rings (SSSR count). The van der Waals surface area contributed by atoms with Gasteiger partial charge in [-0.15, -0.1) is 0 Å². The summed E-state index contributed by atoms with van der Waals surface area (Å²) in [6, 6.07) is 0.118. The molecule has 2 unspecified atom stereocenters. The van der Waals surface area contributed by atoms with E-state index in [0.29, 0.717) is 26.1 Å². The van der Waals surface area contributed by atoms with Gasteiger partial charge in [0.15, 0.2) is 9.84 Å². The van der Waals surface area contributed by atoms with E-state index in [4.69, 9.17) is 4.74 Å². The van der Waals surface area contributed by atoms with Crippen molar-refractivity contribution in [1.29, 1.82) is 0 Å². The monoisotopic (exact) mass is 306 g/mol. The number of ether oxygens (including phenoxy) is 1. The van der Waals surface area contributed by atoms with Crippen LogP contribution in [0.4, 0.5) is 0 Å². The van der Waals surface area contributed by atoms with Crippen LogP contribution in [0.2, 0.25) is 0 Å². The first-order chi connectivity index (χ1) is 9.24. The van der Waals surface area contributed by atoms with Crippen molar-refractivity contribution in [2.24, 2.45) is 0 Å². The Kier molecular flexibility index (Phi) is 5.97. The number of hydrogen-bond donors (Lipinski definition) is 1. The van der Waals surface area contributed by atoms with Gasteiger partial charge in [-0.2, -0.15) is 0 Å². The standard InChI is InChI=1S/C13H26N2O4S/c1-5-19-12(16)13(3,14-4)10-11(2)15-6-8-20(17,18)9-7-15/h11,14H,5-10H2,1-4H3. The maximum absolute atomic E-state index is 12.0. The van der Waals surface area contributed by atoms with Gasteiger partial charge in [-0.05, 0) is 34.2 Å². The number of nitrogens with one attached hydrogen (secondary N) is 1. The van der Waals surface area contributed by atoms with E-state index in [0.717, 1.165) is 0 Å². The van der Waals surface area contributed by atoms with Crippen molar-refractivity contribution >= 4 is 15.8 Å². The summed E-state index contributed by atoms with van der Waals surface area (Å²) in [6.45, 7) is 7.05. The first-order valence-electron chi connectivity index (χ1n) is 7.04. The first-order valence-corrected chi connectivity index (χ1v) is 8.87. The fraction of sp³-hybridized carbons (Fsp3) is 0.923. The van der Waals surface area contributed by atoms with Crippen LogP contribution in [-0.4, -0.2) is 69.1 Å². The average Bonchev–Trinajstić information content (AvgIpc) is 2.38. The highest BCUT2D eigenvalue weighted by Gasteiger charge is 2.37. The molecule has 2 atom stereocenters. The first kappa shape index (κ1) is 17.4. The third-order valence-electron chi connectivity index (χ3n) is 3.98. The highest BCUT2D eigenvalue weighted by Crippen LogP contribution is 2.19. The maximum Gasteiger partial charge on any atom is 0.326 e. The second-order valence-corrected chi connectivity index (χ2v) is 7.85. The van der Waals surface area contributed by atoms with E-state index in [1.807, 2.05) is 13.8 Å². The Morgan fingerprint density at radius 2 is 1.95 bits per heavy atom. The molecule has 0 aliphatic carbocycles. The van der Waals surface area contributed by atoms with Crippen LogP contribution in [0.5, 0.6) is 0 Å². The van der Waals surface area contributed by atoms with Gasteiger partial charge in [-0.3, -0.25) is 9.69 Å². The molecule has 1 N–H and O–H groups in total. The Morgan fingerprint density at radius 1 is 1.40 bits per heavy atom. The number of rotatable bonds is 6. The van der Waals surface area contributed by atoms with Crippen molar-refractivity contribution in [3.8, 4) is 0 Å². The average molecular weight is 306 g/mol. The molecular formula is C13H26N2O4S. The number of esters is 1. The zero-order valence-electron chi connectivity index (χ0n) is 12.8. The summed E-state index contributed by atoms with van der Waals surface area (Å²) >= 11 is 0. The number of carbonyl (C=O) groups is 1. The molecule has 1 heterocycles. The minimum atomic E-state index is -2.87. The predicted octanol–water partition coefficient (Wildman–Crippen LogP) is 0.0366. The van der Waals surface area contributed by atoms with Crippen molar-refractivity contribution in [3.63, 3.8) is 0 Å². The van der Waals surface area contributed by atoms with Gasteiger partial charge in [0.1, 0.15) is 5.54 Å². The summed E-state index contributed by atoms with van der Waals surface area (Å²) in [7, 11) is -1.13. The molecule has 1 fully saturated rings. The van der Waals surface area contributed by atoms with E-state index in [9.17, 15) is 13.2 Å². The molecule has 118 valence electrons.